The number of anilines is 1. The number of sulfonamides is 1. The summed E-state index contributed by atoms with van der Waals surface area (Å²) in [6, 6.07) is 4.79. The maximum Gasteiger partial charge on any atom is 0.242 e. The fraction of sp³-hybridized carbons (Fsp3) is 0.500. The molecule has 7 heteroatoms. The normalized spacial score (nSPS) is 12.0. The summed E-state index contributed by atoms with van der Waals surface area (Å²) >= 11 is 1.54. The van der Waals surface area contributed by atoms with E-state index in [2.05, 4.69) is 0 Å². The molecule has 0 radical (unpaired) electrons. The molecule has 0 spiro atoms. The number of hydrogen-bond acceptors (Lipinski definition) is 5. The third-order valence-corrected chi connectivity index (χ3v) is 5.48. The van der Waals surface area contributed by atoms with Crippen LogP contribution in [-0.2, 0) is 14.8 Å². The standard InChI is InChI=1S/C12H20N2O3S2/c1-14(2)19(15,16)10-5-6-11(13)12(9-10)18-8-4-7-17-3/h5-6,9H,4,7-8,13H2,1-3H3. The number of hydrogen-bond donors (Lipinski definition) is 1. The van der Waals surface area contributed by atoms with Crippen molar-refractivity contribution in [3.8, 4) is 0 Å². The molecule has 0 saturated carbocycles. The van der Waals surface area contributed by atoms with Crippen LogP contribution in [0.4, 0.5) is 5.69 Å². The molecule has 5 nitrogen and oxygen atoms in total. The third kappa shape index (κ3) is 4.38. The highest BCUT2D eigenvalue weighted by molar-refractivity contribution is 7.99. The van der Waals surface area contributed by atoms with Gasteiger partial charge in [-0.25, -0.2) is 12.7 Å². The Kier molecular flexibility index (Phi) is 6.12. The van der Waals surface area contributed by atoms with Gasteiger partial charge in [0.2, 0.25) is 10.0 Å². The van der Waals surface area contributed by atoms with E-state index in [1.165, 1.54) is 24.5 Å². The van der Waals surface area contributed by atoms with Gasteiger partial charge in [0.05, 0.1) is 4.90 Å². The maximum absolute atomic E-state index is 12.0. The van der Waals surface area contributed by atoms with Gasteiger partial charge in [-0.2, -0.15) is 0 Å². The fourth-order valence-corrected chi connectivity index (χ4v) is 3.33. The zero-order chi connectivity index (χ0) is 14.5. The molecule has 19 heavy (non-hydrogen) atoms. The molecule has 0 aliphatic heterocycles. The summed E-state index contributed by atoms with van der Waals surface area (Å²) in [7, 11) is 1.27. The van der Waals surface area contributed by atoms with Gasteiger partial charge in [-0.05, 0) is 24.6 Å². The maximum atomic E-state index is 12.0. The number of rotatable bonds is 7. The van der Waals surface area contributed by atoms with E-state index in [9.17, 15) is 8.42 Å². The van der Waals surface area contributed by atoms with E-state index in [1.54, 1.807) is 31.0 Å². The highest BCUT2D eigenvalue weighted by atomic mass is 32.2. The van der Waals surface area contributed by atoms with E-state index in [1.807, 2.05) is 0 Å². The molecule has 108 valence electrons. The first-order valence-electron chi connectivity index (χ1n) is 5.83. The van der Waals surface area contributed by atoms with E-state index in [0.717, 1.165) is 17.1 Å². The summed E-state index contributed by atoms with van der Waals surface area (Å²) in [6.07, 6.45) is 0.894. The number of ether oxygens (including phenoxy) is 1. The van der Waals surface area contributed by atoms with E-state index in [4.69, 9.17) is 10.5 Å². The number of benzene rings is 1. The Labute approximate surface area is 119 Å². The highest BCUT2D eigenvalue weighted by Gasteiger charge is 2.18. The minimum absolute atomic E-state index is 0.265. The molecular formula is C12H20N2O3S2. The van der Waals surface area contributed by atoms with Crippen molar-refractivity contribution in [2.75, 3.05) is 39.3 Å². The Morgan fingerprint density at radius 2 is 2.05 bits per heavy atom. The fourth-order valence-electron chi connectivity index (χ4n) is 1.40. The molecule has 0 aliphatic rings. The summed E-state index contributed by atoms with van der Waals surface area (Å²) in [6.45, 7) is 0.683. The summed E-state index contributed by atoms with van der Waals surface area (Å²) in [5.41, 5.74) is 6.46. The summed E-state index contributed by atoms with van der Waals surface area (Å²) in [4.78, 5) is 1.06. The molecule has 0 saturated heterocycles. The molecule has 0 amide bonds. The lowest BCUT2D eigenvalue weighted by Gasteiger charge is -2.13. The van der Waals surface area contributed by atoms with Crippen LogP contribution in [0.2, 0.25) is 0 Å². The first kappa shape index (κ1) is 16.3. The number of methoxy groups -OCH3 is 1. The minimum Gasteiger partial charge on any atom is -0.398 e. The van der Waals surface area contributed by atoms with Gasteiger partial charge in [-0.3, -0.25) is 0 Å². The van der Waals surface area contributed by atoms with Crippen molar-refractivity contribution in [2.24, 2.45) is 0 Å². The largest absolute Gasteiger partial charge is 0.398 e. The monoisotopic (exact) mass is 304 g/mol. The first-order valence-corrected chi connectivity index (χ1v) is 8.26. The van der Waals surface area contributed by atoms with Gasteiger partial charge >= 0.3 is 0 Å². The van der Waals surface area contributed by atoms with Gasteiger partial charge in [0.15, 0.2) is 0 Å². The van der Waals surface area contributed by atoms with Crippen LogP contribution < -0.4 is 5.73 Å². The minimum atomic E-state index is -3.41. The van der Waals surface area contributed by atoms with E-state index < -0.39 is 10.0 Å². The Hall–Kier alpha value is -0.760. The van der Waals surface area contributed by atoms with Crippen molar-refractivity contribution in [1.29, 1.82) is 0 Å². The molecule has 0 atom stereocenters. The van der Waals surface area contributed by atoms with Crippen LogP contribution in [0.1, 0.15) is 6.42 Å². The second kappa shape index (κ2) is 7.14. The van der Waals surface area contributed by atoms with Crippen LogP contribution in [0.15, 0.2) is 28.0 Å². The average molecular weight is 304 g/mol. The van der Waals surface area contributed by atoms with Gasteiger partial charge in [0.1, 0.15) is 0 Å². The molecule has 0 aliphatic carbocycles. The molecule has 1 aromatic rings. The molecule has 2 N–H and O–H groups in total. The van der Waals surface area contributed by atoms with E-state index in [-0.39, 0.29) is 4.90 Å². The topological polar surface area (TPSA) is 72.6 Å². The average Bonchev–Trinajstić information content (AvgIpc) is 2.36. The molecule has 1 rings (SSSR count). The Morgan fingerprint density at radius 3 is 2.63 bits per heavy atom. The lowest BCUT2D eigenvalue weighted by atomic mass is 10.3. The van der Waals surface area contributed by atoms with Gasteiger partial charge < -0.3 is 10.5 Å². The second-order valence-electron chi connectivity index (χ2n) is 4.18. The van der Waals surface area contributed by atoms with Gasteiger partial charge in [0, 0.05) is 44.1 Å². The lowest BCUT2D eigenvalue weighted by Crippen LogP contribution is -2.22. The molecule has 0 aromatic heterocycles. The summed E-state index contributed by atoms with van der Waals surface area (Å²) in [5.74, 6) is 0.837. The van der Waals surface area contributed by atoms with Crippen molar-refractivity contribution in [3.05, 3.63) is 18.2 Å². The molecule has 0 bridgehead atoms. The van der Waals surface area contributed by atoms with E-state index >= 15 is 0 Å². The first-order chi connectivity index (χ1) is 8.89. The molecule has 0 unspecified atom stereocenters. The zero-order valence-corrected chi connectivity index (χ0v) is 13.1. The predicted octanol–water partition coefficient (Wildman–Crippen LogP) is 1.65. The Balaban J connectivity index is 2.89. The molecular weight excluding hydrogens is 284 g/mol. The van der Waals surface area contributed by atoms with Gasteiger partial charge in [-0.1, -0.05) is 0 Å². The number of nitrogens with zero attached hydrogens (tertiary/aromatic N) is 1. The van der Waals surface area contributed by atoms with Gasteiger partial charge in [0.25, 0.3) is 0 Å². The summed E-state index contributed by atoms with van der Waals surface area (Å²) < 4.78 is 30.2. The summed E-state index contributed by atoms with van der Waals surface area (Å²) in [5, 5.41) is 0. The van der Waals surface area contributed by atoms with E-state index in [0.29, 0.717) is 12.3 Å². The quantitative estimate of drug-likeness (QED) is 0.471. The smallest absolute Gasteiger partial charge is 0.242 e. The Bertz CT molecular complexity index is 516. The number of nitrogens with two attached hydrogens (primary N) is 1. The van der Waals surface area contributed by atoms with Crippen LogP contribution in [-0.4, -0.2) is 46.3 Å². The lowest BCUT2D eigenvalue weighted by molar-refractivity contribution is 0.200. The third-order valence-electron chi connectivity index (χ3n) is 2.51. The van der Waals surface area contributed by atoms with Crippen LogP contribution in [0.25, 0.3) is 0 Å². The van der Waals surface area contributed by atoms with Crippen molar-refractivity contribution < 1.29 is 13.2 Å². The molecule has 1 aromatic carbocycles. The second-order valence-corrected chi connectivity index (χ2v) is 7.47. The van der Waals surface area contributed by atoms with Crippen molar-refractivity contribution in [3.63, 3.8) is 0 Å². The molecule has 0 heterocycles. The van der Waals surface area contributed by atoms with Crippen LogP contribution in [0.3, 0.4) is 0 Å². The van der Waals surface area contributed by atoms with Crippen molar-refractivity contribution in [1.82, 2.24) is 4.31 Å². The SMILES string of the molecule is COCCCSc1cc(S(=O)(=O)N(C)C)ccc1N. The predicted molar refractivity (Wildman–Crippen MR) is 78.9 cm³/mol. The Morgan fingerprint density at radius 1 is 1.37 bits per heavy atom. The van der Waals surface area contributed by atoms with Crippen molar-refractivity contribution >= 4 is 27.5 Å². The van der Waals surface area contributed by atoms with Crippen molar-refractivity contribution in [2.45, 2.75) is 16.2 Å². The molecule has 0 fully saturated rings. The zero-order valence-electron chi connectivity index (χ0n) is 11.4. The van der Waals surface area contributed by atoms with Crippen LogP contribution in [0.5, 0.6) is 0 Å². The number of thioether (sulfide) groups is 1. The van der Waals surface area contributed by atoms with Crippen LogP contribution >= 0.6 is 11.8 Å². The highest BCUT2D eigenvalue weighted by Crippen LogP contribution is 2.29. The van der Waals surface area contributed by atoms with Gasteiger partial charge in [-0.15, -0.1) is 11.8 Å². The number of nitrogen functional groups attached to an aromatic ring is 1. The van der Waals surface area contributed by atoms with Crippen LogP contribution in [0, 0.1) is 0 Å².